The lowest BCUT2D eigenvalue weighted by Crippen LogP contribution is -2.51. The molecule has 0 bridgehead atoms. The van der Waals surface area contributed by atoms with E-state index in [2.05, 4.69) is 20.9 Å². The van der Waals surface area contributed by atoms with Crippen LogP contribution in [0.4, 0.5) is 0 Å². The zero-order valence-corrected chi connectivity index (χ0v) is 12.7. The van der Waals surface area contributed by atoms with Crippen LogP contribution in [-0.4, -0.2) is 32.0 Å². The number of nitrogens with two attached hydrogens (primary N) is 1. The summed E-state index contributed by atoms with van der Waals surface area (Å²) < 4.78 is -0.214. The summed E-state index contributed by atoms with van der Waals surface area (Å²) >= 11 is 4.99. The van der Waals surface area contributed by atoms with Crippen molar-refractivity contribution in [2.75, 3.05) is 6.54 Å². The summed E-state index contributed by atoms with van der Waals surface area (Å²) in [5, 5.41) is -0.0332. The van der Waals surface area contributed by atoms with Crippen LogP contribution in [0.15, 0.2) is 24.5 Å². The molecule has 2 atom stereocenters. The maximum Gasteiger partial charge on any atom is 0.248 e. The highest BCUT2D eigenvalue weighted by Gasteiger charge is 2.46. The molecule has 0 spiro atoms. The van der Waals surface area contributed by atoms with Crippen LogP contribution in [0.1, 0.15) is 24.8 Å². The van der Waals surface area contributed by atoms with Crippen molar-refractivity contribution in [3.05, 3.63) is 30.1 Å². The van der Waals surface area contributed by atoms with Gasteiger partial charge in [-0.25, -0.2) is 0 Å². The third-order valence-electron chi connectivity index (χ3n) is 3.04. The largest absolute Gasteiger partial charge is 0.328 e. The Morgan fingerprint density at radius 2 is 2.33 bits per heavy atom. The monoisotopic (exact) mass is 329 g/mol. The van der Waals surface area contributed by atoms with Crippen molar-refractivity contribution in [2.24, 2.45) is 5.73 Å². The molecular formula is C12H16BrN3OS. The van der Waals surface area contributed by atoms with Gasteiger partial charge in [-0.15, -0.1) is 11.8 Å². The average Bonchev–Trinajstić information content (AvgIpc) is 2.67. The molecule has 2 heterocycles. The van der Waals surface area contributed by atoms with Crippen LogP contribution in [-0.2, 0) is 4.79 Å². The van der Waals surface area contributed by atoms with Gasteiger partial charge in [0.15, 0.2) is 0 Å². The first-order chi connectivity index (χ1) is 8.47. The number of carbonyl (C=O) groups excluding carboxylic acids is 1. The topological polar surface area (TPSA) is 59.2 Å². The number of hydrogen-bond acceptors (Lipinski definition) is 4. The van der Waals surface area contributed by atoms with E-state index in [1.54, 1.807) is 24.2 Å². The number of hydrogen-bond donors (Lipinski definition) is 1. The summed E-state index contributed by atoms with van der Waals surface area (Å²) in [6.45, 7) is 4.40. The SMILES string of the molecule is CC(C)(CN)N1C(=O)C(Br)SC1c1cccnc1. The van der Waals surface area contributed by atoms with Crippen molar-refractivity contribution in [1.82, 2.24) is 9.88 Å². The Balaban J connectivity index is 2.37. The van der Waals surface area contributed by atoms with Crippen LogP contribution in [0.3, 0.4) is 0 Å². The van der Waals surface area contributed by atoms with E-state index in [1.165, 1.54) is 0 Å². The lowest BCUT2D eigenvalue weighted by atomic mass is 10.0. The minimum absolute atomic E-state index is 0.0332. The Hall–Kier alpha value is -0.590. The lowest BCUT2D eigenvalue weighted by molar-refractivity contribution is -0.133. The molecule has 18 heavy (non-hydrogen) atoms. The van der Waals surface area contributed by atoms with Gasteiger partial charge in [0.2, 0.25) is 5.91 Å². The van der Waals surface area contributed by atoms with E-state index in [-0.39, 0.29) is 21.0 Å². The second-order valence-electron chi connectivity index (χ2n) is 4.82. The van der Waals surface area contributed by atoms with Crippen LogP contribution in [0, 0.1) is 0 Å². The van der Waals surface area contributed by atoms with Crippen molar-refractivity contribution in [2.45, 2.75) is 28.9 Å². The standard InChI is InChI=1S/C12H16BrN3OS/c1-12(2,7-14)16-10(17)9(13)18-11(16)8-4-3-5-15-6-8/h3-6,9,11H,7,14H2,1-2H3. The van der Waals surface area contributed by atoms with Gasteiger partial charge >= 0.3 is 0 Å². The molecule has 1 aliphatic rings. The number of nitrogens with zero attached hydrogens (tertiary/aromatic N) is 2. The van der Waals surface area contributed by atoms with Crippen LogP contribution in [0.2, 0.25) is 0 Å². The van der Waals surface area contributed by atoms with Crippen molar-refractivity contribution < 1.29 is 4.79 Å². The normalized spacial score (nSPS) is 24.7. The van der Waals surface area contributed by atoms with Crippen LogP contribution < -0.4 is 5.73 Å². The number of rotatable bonds is 3. The molecule has 0 radical (unpaired) electrons. The maximum absolute atomic E-state index is 12.3. The molecule has 2 rings (SSSR count). The fourth-order valence-corrected chi connectivity index (χ4v) is 4.02. The molecule has 0 aliphatic carbocycles. The second kappa shape index (κ2) is 5.19. The number of thioether (sulfide) groups is 1. The Morgan fingerprint density at radius 1 is 1.61 bits per heavy atom. The smallest absolute Gasteiger partial charge is 0.248 e. The second-order valence-corrected chi connectivity index (χ2v) is 7.53. The average molecular weight is 330 g/mol. The van der Waals surface area contributed by atoms with Crippen LogP contribution >= 0.6 is 27.7 Å². The number of amides is 1. The van der Waals surface area contributed by atoms with E-state index < -0.39 is 0 Å². The Labute approximate surface area is 119 Å². The van der Waals surface area contributed by atoms with E-state index in [0.29, 0.717) is 6.54 Å². The van der Waals surface area contributed by atoms with Gasteiger partial charge in [0.25, 0.3) is 0 Å². The summed E-state index contributed by atoms with van der Waals surface area (Å²) in [6, 6.07) is 3.87. The molecule has 1 saturated heterocycles. The first kappa shape index (κ1) is 13.8. The Kier molecular flexibility index (Phi) is 3.99. The minimum atomic E-state index is -0.368. The highest BCUT2D eigenvalue weighted by Crippen LogP contribution is 2.48. The van der Waals surface area contributed by atoms with E-state index in [4.69, 9.17) is 5.73 Å². The molecule has 1 aromatic heterocycles. The first-order valence-electron chi connectivity index (χ1n) is 5.70. The lowest BCUT2D eigenvalue weighted by Gasteiger charge is -2.38. The fourth-order valence-electron chi connectivity index (χ4n) is 1.92. The Morgan fingerprint density at radius 3 is 2.89 bits per heavy atom. The molecule has 6 heteroatoms. The maximum atomic E-state index is 12.3. The molecule has 0 aromatic carbocycles. The molecule has 1 amide bonds. The quantitative estimate of drug-likeness (QED) is 0.863. The molecule has 1 fully saturated rings. The van der Waals surface area contributed by atoms with Gasteiger partial charge in [-0.05, 0) is 19.9 Å². The van der Waals surface area contributed by atoms with Crippen LogP contribution in [0.5, 0.6) is 0 Å². The van der Waals surface area contributed by atoms with Gasteiger partial charge in [0, 0.05) is 24.5 Å². The summed E-state index contributed by atoms with van der Waals surface area (Å²) in [7, 11) is 0. The van der Waals surface area contributed by atoms with Crippen molar-refractivity contribution >= 4 is 33.6 Å². The van der Waals surface area contributed by atoms with Gasteiger partial charge in [-0.3, -0.25) is 9.78 Å². The van der Waals surface area contributed by atoms with Gasteiger partial charge in [0.05, 0.1) is 5.54 Å². The molecular weight excluding hydrogens is 314 g/mol. The summed E-state index contributed by atoms with van der Waals surface area (Å²) in [6.07, 6.45) is 3.53. The predicted molar refractivity (Wildman–Crippen MR) is 77.3 cm³/mol. The van der Waals surface area contributed by atoms with Crippen molar-refractivity contribution in [1.29, 1.82) is 0 Å². The van der Waals surface area contributed by atoms with E-state index in [1.807, 2.05) is 30.9 Å². The third kappa shape index (κ3) is 2.41. The number of carbonyl (C=O) groups is 1. The van der Waals surface area contributed by atoms with Gasteiger partial charge < -0.3 is 10.6 Å². The molecule has 98 valence electrons. The predicted octanol–water partition coefficient (Wildman–Crippen LogP) is 2.11. The summed E-state index contributed by atoms with van der Waals surface area (Å²) in [5.74, 6) is 0.0734. The number of alkyl halides is 1. The molecule has 1 aromatic rings. The minimum Gasteiger partial charge on any atom is -0.328 e. The molecule has 2 N–H and O–H groups in total. The van der Waals surface area contributed by atoms with Gasteiger partial charge in [0.1, 0.15) is 9.53 Å². The van der Waals surface area contributed by atoms with E-state index in [0.717, 1.165) is 5.56 Å². The molecule has 4 nitrogen and oxygen atoms in total. The third-order valence-corrected chi connectivity index (χ3v) is 5.26. The van der Waals surface area contributed by atoms with Gasteiger partial charge in [-0.2, -0.15) is 0 Å². The van der Waals surface area contributed by atoms with Gasteiger partial charge in [-0.1, -0.05) is 22.0 Å². The number of aromatic nitrogens is 1. The molecule has 2 unspecified atom stereocenters. The van der Waals surface area contributed by atoms with Crippen molar-refractivity contribution in [3.8, 4) is 0 Å². The molecule has 1 aliphatic heterocycles. The van der Waals surface area contributed by atoms with Crippen molar-refractivity contribution in [3.63, 3.8) is 0 Å². The van der Waals surface area contributed by atoms with E-state index >= 15 is 0 Å². The highest BCUT2D eigenvalue weighted by atomic mass is 79.9. The summed E-state index contributed by atoms with van der Waals surface area (Å²) in [4.78, 5) is 18.3. The summed E-state index contributed by atoms with van der Waals surface area (Å²) in [5.41, 5.74) is 6.46. The zero-order chi connectivity index (χ0) is 13.3. The van der Waals surface area contributed by atoms with Crippen LogP contribution in [0.25, 0.3) is 0 Å². The first-order valence-corrected chi connectivity index (χ1v) is 7.56. The zero-order valence-electron chi connectivity index (χ0n) is 10.3. The molecule has 0 saturated carbocycles. The highest BCUT2D eigenvalue weighted by molar-refractivity contribution is 9.11. The number of halogens is 1. The number of pyridine rings is 1. The Bertz CT molecular complexity index is 440. The van der Waals surface area contributed by atoms with E-state index in [9.17, 15) is 4.79 Å². The fraction of sp³-hybridized carbons (Fsp3) is 0.500.